The lowest BCUT2D eigenvalue weighted by Gasteiger charge is -2.05. The fraction of sp³-hybridized carbons (Fsp3) is 0.333. The van der Waals surface area contributed by atoms with E-state index in [0.717, 1.165) is 10.6 Å². The van der Waals surface area contributed by atoms with Crippen LogP contribution < -0.4 is 4.74 Å². The number of rotatable bonds is 2. The second-order valence-electron chi connectivity index (χ2n) is 2.40. The molecule has 0 aliphatic heterocycles. The van der Waals surface area contributed by atoms with E-state index in [1.807, 2.05) is 32.0 Å². The first kappa shape index (κ1) is 8.47. The molecule has 0 saturated heterocycles. The zero-order valence-corrected chi connectivity index (χ0v) is 7.69. The highest BCUT2D eigenvalue weighted by atomic mass is 32.1. The lowest BCUT2D eigenvalue weighted by molar-refractivity contribution is 0.332. The van der Waals surface area contributed by atoms with Crippen LogP contribution in [-0.2, 0) is 0 Å². The van der Waals surface area contributed by atoms with Crippen molar-refractivity contribution in [1.29, 1.82) is 0 Å². The largest absolute Gasteiger partial charge is 0.493 e. The minimum Gasteiger partial charge on any atom is -0.493 e. The minimum atomic E-state index is 0.691. The number of ether oxygens (including phenoxy) is 1. The maximum Gasteiger partial charge on any atom is 0.132 e. The molecule has 0 unspecified atom stereocenters. The van der Waals surface area contributed by atoms with Gasteiger partial charge in [0.25, 0.3) is 0 Å². The van der Waals surface area contributed by atoms with E-state index in [2.05, 4.69) is 12.6 Å². The molecule has 1 aromatic carbocycles. The summed E-state index contributed by atoms with van der Waals surface area (Å²) in [5, 5.41) is 0. The first-order chi connectivity index (χ1) is 5.24. The Kier molecular flexibility index (Phi) is 2.83. The van der Waals surface area contributed by atoms with Gasteiger partial charge in [0.05, 0.1) is 6.61 Å². The average Bonchev–Trinajstić information content (AvgIpc) is 1.95. The topological polar surface area (TPSA) is 9.23 Å². The highest BCUT2D eigenvalue weighted by Crippen LogP contribution is 2.22. The van der Waals surface area contributed by atoms with Crippen molar-refractivity contribution in [2.24, 2.45) is 0 Å². The molecule has 1 aromatic rings. The molecule has 0 amide bonds. The summed E-state index contributed by atoms with van der Waals surface area (Å²) in [6, 6.07) is 5.96. The molecule has 1 nitrogen and oxygen atoms in total. The third-order valence-corrected chi connectivity index (χ3v) is 1.76. The Morgan fingerprint density at radius 1 is 1.45 bits per heavy atom. The zero-order valence-electron chi connectivity index (χ0n) is 6.79. The van der Waals surface area contributed by atoms with Gasteiger partial charge in [-0.2, -0.15) is 0 Å². The molecule has 1 rings (SSSR count). The van der Waals surface area contributed by atoms with Crippen LogP contribution in [0, 0.1) is 6.92 Å². The molecular weight excluding hydrogens is 156 g/mol. The maximum atomic E-state index is 5.32. The molecular formula is C9H12OS. The van der Waals surface area contributed by atoms with Crippen LogP contribution in [0.5, 0.6) is 5.75 Å². The lowest BCUT2D eigenvalue weighted by Crippen LogP contribution is -1.92. The molecule has 0 spiro atoms. The number of thiol groups is 1. The predicted molar refractivity (Wildman–Crippen MR) is 49.6 cm³/mol. The Morgan fingerprint density at radius 2 is 2.18 bits per heavy atom. The first-order valence-corrected chi connectivity index (χ1v) is 4.11. The summed E-state index contributed by atoms with van der Waals surface area (Å²) < 4.78 is 5.32. The van der Waals surface area contributed by atoms with E-state index in [9.17, 15) is 0 Å². The molecule has 0 aliphatic rings. The van der Waals surface area contributed by atoms with Crippen molar-refractivity contribution in [2.75, 3.05) is 6.61 Å². The van der Waals surface area contributed by atoms with Crippen molar-refractivity contribution in [2.45, 2.75) is 18.7 Å². The summed E-state index contributed by atoms with van der Waals surface area (Å²) >= 11 is 4.28. The van der Waals surface area contributed by atoms with Crippen molar-refractivity contribution in [3.05, 3.63) is 23.8 Å². The Labute approximate surface area is 72.8 Å². The number of aryl methyl sites for hydroxylation is 1. The molecule has 0 N–H and O–H groups in total. The Bertz CT molecular complexity index is 245. The van der Waals surface area contributed by atoms with Gasteiger partial charge in [-0.05, 0) is 31.5 Å². The predicted octanol–water partition coefficient (Wildman–Crippen LogP) is 2.68. The molecule has 0 bridgehead atoms. The summed E-state index contributed by atoms with van der Waals surface area (Å²) in [5.74, 6) is 0.862. The van der Waals surface area contributed by atoms with Crippen LogP contribution in [0.25, 0.3) is 0 Å². The van der Waals surface area contributed by atoms with Gasteiger partial charge in [-0.1, -0.05) is 6.07 Å². The number of hydrogen-bond acceptors (Lipinski definition) is 2. The highest BCUT2D eigenvalue weighted by molar-refractivity contribution is 7.80. The van der Waals surface area contributed by atoms with Crippen LogP contribution in [0.2, 0.25) is 0 Å². The van der Waals surface area contributed by atoms with Crippen molar-refractivity contribution < 1.29 is 4.74 Å². The fourth-order valence-electron chi connectivity index (χ4n) is 0.905. The molecule has 0 fully saturated rings. The van der Waals surface area contributed by atoms with Crippen LogP contribution >= 0.6 is 12.6 Å². The SMILES string of the molecule is CCOc1ccc(C)cc1S. The van der Waals surface area contributed by atoms with E-state index >= 15 is 0 Å². The van der Waals surface area contributed by atoms with Crippen molar-refractivity contribution in [3.8, 4) is 5.75 Å². The molecule has 0 aliphatic carbocycles. The smallest absolute Gasteiger partial charge is 0.132 e. The van der Waals surface area contributed by atoms with E-state index in [1.165, 1.54) is 5.56 Å². The van der Waals surface area contributed by atoms with Gasteiger partial charge in [0.2, 0.25) is 0 Å². The summed E-state index contributed by atoms with van der Waals surface area (Å²) in [7, 11) is 0. The van der Waals surface area contributed by atoms with E-state index < -0.39 is 0 Å². The van der Waals surface area contributed by atoms with Gasteiger partial charge in [-0.25, -0.2) is 0 Å². The van der Waals surface area contributed by atoms with Crippen LogP contribution in [0.15, 0.2) is 23.1 Å². The molecule has 0 radical (unpaired) electrons. The molecule has 60 valence electrons. The molecule has 0 heterocycles. The third-order valence-electron chi connectivity index (χ3n) is 1.41. The van der Waals surface area contributed by atoms with Gasteiger partial charge < -0.3 is 4.74 Å². The standard InChI is InChI=1S/C9H12OS/c1-3-10-8-5-4-7(2)6-9(8)11/h4-6,11H,3H2,1-2H3. The summed E-state index contributed by atoms with van der Waals surface area (Å²) in [4.78, 5) is 0.909. The number of hydrogen-bond donors (Lipinski definition) is 1. The van der Waals surface area contributed by atoms with Crippen LogP contribution in [0.3, 0.4) is 0 Å². The Morgan fingerprint density at radius 3 is 2.73 bits per heavy atom. The maximum absolute atomic E-state index is 5.32. The van der Waals surface area contributed by atoms with E-state index in [4.69, 9.17) is 4.74 Å². The molecule has 11 heavy (non-hydrogen) atoms. The Hall–Kier alpha value is -0.630. The quantitative estimate of drug-likeness (QED) is 0.668. The summed E-state index contributed by atoms with van der Waals surface area (Å²) in [5.41, 5.74) is 1.21. The van der Waals surface area contributed by atoms with Gasteiger partial charge in [0.1, 0.15) is 5.75 Å². The van der Waals surface area contributed by atoms with Gasteiger partial charge >= 0.3 is 0 Å². The zero-order chi connectivity index (χ0) is 8.27. The number of benzene rings is 1. The molecule has 0 saturated carbocycles. The molecule has 2 heteroatoms. The fourth-order valence-corrected chi connectivity index (χ4v) is 1.25. The van der Waals surface area contributed by atoms with E-state index in [0.29, 0.717) is 6.61 Å². The molecule has 0 atom stereocenters. The second kappa shape index (κ2) is 3.67. The second-order valence-corrected chi connectivity index (χ2v) is 2.89. The van der Waals surface area contributed by atoms with E-state index in [-0.39, 0.29) is 0 Å². The first-order valence-electron chi connectivity index (χ1n) is 3.66. The molecule has 0 aromatic heterocycles. The third kappa shape index (κ3) is 2.15. The summed E-state index contributed by atoms with van der Waals surface area (Å²) in [6.07, 6.45) is 0. The monoisotopic (exact) mass is 168 g/mol. The lowest BCUT2D eigenvalue weighted by atomic mass is 10.2. The van der Waals surface area contributed by atoms with Crippen LogP contribution in [0.4, 0.5) is 0 Å². The highest BCUT2D eigenvalue weighted by Gasteiger charge is 1.97. The van der Waals surface area contributed by atoms with Crippen LogP contribution in [0.1, 0.15) is 12.5 Å². The minimum absolute atomic E-state index is 0.691. The van der Waals surface area contributed by atoms with Gasteiger partial charge in [-0.3, -0.25) is 0 Å². The van der Waals surface area contributed by atoms with Crippen molar-refractivity contribution in [3.63, 3.8) is 0 Å². The van der Waals surface area contributed by atoms with Crippen molar-refractivity contribution in [1.82, 2.24) is 0 Å². The summed E-state index contributed by atoms with van der Waals surface area (Å²) in [6.45, 7) is 4.69. The van der Waals surface area contributed by atoms with E-state index in [1.54, 1.807) is 0 Å². The van der Waals surface area contributed by atoms with Gasteiger partial charge in [-0.15, -0.1) is 12.6 Å². The van der Waals surface area contributed by atoms with Crippen molar-refractivity contribution >= 4 is 12.6 Å². The Balaban J connectivity index is 2.90. The van der Waals surface area contributed by atoms with Gasteiger partial charge in [0.15, 0.2) is 0 Å². The van der Waals surface area contributed by atoms with Crippen LogP contribution in [-0.4, -0.2) is 6.61 Å². The average molecular weight is 168 g/mol. The van der Waals surface area contributed by atoms with Gasteiger partial charge in [0, 0.05) is 4.90 Å². The normalized spacial score (nSPS) is 9.73.